The highest BCUT2D eigenvalue weighted by atomic mass is 16.5. The van der Waals surface area contributed by atoms with Crippen molar-refractivity contribution in [1.29, 1.82) is 0 Å². The van der Waals surface area contributed by atoms with E-state index in [1.807, 2.05) is 6.08 Å². The van der Waals surface area contributed by atoms with Gasteiger partial charge in [0.05, 0.1) is 0 Å². The standard InChI is InChI=1S/C9H12N4O/c10-9-11-8(14-12-9)3-7-5-13-2-1-6(7)4-13/h3,6H,1-2,4-5H2,(H2,10,12)/b7-3+. The van der Waals surface area contributed by atoms with Gasteiger partial charge >= 0.3 is 0 Å². The molecular weight excluding hydrogens is 180 g/mol. The Morgan fingerprint density at radius 3 is 3.07 bits per heavy atom. The Labute approximate surface area is 81.6 Å². The van der Waals surface area contributed by atoms with Gasteiger partial charge in [0.1, 0.15) is 0 Å². The summed E-state index contributed by atoms with van der Waals surface area (Å²) >= 11 is 0. The maximum atomic E-state index is 5.37. The number of aromatic nitrogens is 2. The molecule has 3 heterocycles. The van der Waals surface area contributed by atoms with Gasteiger partial charge in [-0.1, -0.05) is 0 Å². The number of hydrogen-bond donors (Lipinski definition) is 1. The third-order valence-corrected chi connectivity index (χ3v) is 2.97. The summed E-state index contributed by atoms with van der Waals surface area (Å²) in [5, 5.41) is 3.55. The molecule has 5 nitrogen and oxygen atoms in total. The van der Waals surface area contributed by atoms with Gasteiger partial charge in [-0.2, -0.15) is 4.98 Å². The molecular formula is C9H12N4O. The molecule has 2 aliphatic heterocycles. The van der Waals surface area contributed by atoms with Gasteiger partial charge in [0.25, 0.3) is 11.8 Å². The zero-order valence-electron chi connectivity index (χ0n) is 7.81. The molecule has 1 aromatic rings. The molecule has 5 heteroatoms. The zero-order valence-corrected chi connectivity index (χ0v) is 7.81. The smallest absolute Gasteiger partial charge is 0.261 e. The Bertz CT molecular complexity index is 384. The molecule has 0 aliphatic carbocycles. The van der Waals surface area contributed by atoms with Crippen molar-refractivity contribution in [3.8, 4) is 0 Å². The van der Waals surface area contributed by atoms with Crippen LogP contribution < -0.4 is 5.73 Å². The predicted molar refractivity (Wildman–Crippen MR) is 51.2 cm³/mol. The molecule has 0 radical (unpaired) electrons. The first kappa shape index (κ1) is 7.99. The minimum absolute atomic E-state index is 0.209. The largest absolute Gasteiger partial charge is 0.365 e. The Kier molecular flexibility index (Phi) is 1.61. The number of anilines is 1. The molecule has 14 heavy (non-hydrogen) atoms. The van der Waals surface area contributed by atoms with Crippen molar-refractivity contribution < 1.29 is 4.52 Å². The second-order valence-electron chi connectivity index (χ2n) is 3.93. The number of hydrogen-bond acceptors (Lipinski definition) is 5. The molecule has 0 aromatic carbocycles. The summed E-state index contributed by atoms with van der Waals surface area (Å²) in [4.78, 5) is 6.40. The Morgan fingerprint density at radius 1 is 1.57 bits per heavy atom. The van der Waals surface area contributed by atoms with E-state index in [1.54, 1.807) is 0 Å². The van der Waals surface area contributed by atoms with Crippen LogP contribution in [0.1, 0.15) is 12.3 Å². The van der Waals surface area contributed by atoms with Crippen molar-refractivity contribution in [2.24, 2.45) is 5.92 Å². The van der Waals surface area contributed by atoms with Crippen LogP contribution >= 0.6 is 0 Å². The van der Waals surface area contributed by atoms with Crippen LogP contribution in [0.25, 0.3) is 6.08 Å². The fraction of sp³-hybridized carbons (Fsp3) is 0.556. The summed E-state index contributed by atoms with van der Waals surface area (Å²) in [6.45, 7) is 3.47. The van der Waals surface area contributed by atoms with Crippen LogP contribution in [-0.2, 0) is 0 Å². The number of rotatable bonds is 1. The molecule has 2 fully saturated rings. The molecule has 3 rings (SSSR count). The molecule has 0 saturated carbocycles. The third kappa shape index (κ3) is 1.21. The summed E-state index contributed by atoms with van der Waals surface area (Å²) < 4.78 is 4.95. The Balaban J connectivity index is 1.85. The van der Waals surface area contributed by atoms with Gasteiger partial charge in [-0.15, -0.1) is 0 Å². The highest BCUT2D eigenvalue weighted by molar-refractivity contribution is 5.48. The van der Waals surface area contributed by atoms with Gasteiger partial charge in [0.15, 0.2) is 0 Å². The minimum atomic E-state index is 0.209. The van der Waals surface area contributed by atoms with Crippen LogP contribution in [0.5, 0.6) is 0 Å². The molecule has 0 spiro atoms. The summed E-state index contributed by atoms with van der Waals surface area (Å²) in [7, 11) is 0. The summed E-state index contributed by atoms with van der Waals surface area (Å²) in [6.07, 6.45) is 3.24. The lowest BCUT2D eigenvalue weighted by Gasteiger charge is -2.13. The van der Waals surface area contributed by atoms with Gasteiger partial charge < -0.3 is 10.3 Å². The van der Waals surface area contributed by atoms with Crippen molar-refractivity contribution in [3.63, 3.8) is 0 Å². The molecule has 2 N–H and O–H groups in total. The minimum Gasteiger partial charge on any atom is -0.365 e. The number of nitrogens with two attached hydrogens (primary N) is 1. The number of piperidine rings is 1. The van der Waals surface area contributed by atoms with Crippen LogP contribution in [-0.4, -0.2) is 34.7 Å². The molecule has 1 aromatic heterocycles. The Hall–Kier alpha value is -1.36. The second-order valence-corrected chi connectivity index (χ2v) is 3.93. The van der Waals surface area contributed by atoms with Crippen LogP contribution in [0.2, 0.25) is 0 Å². The van der Waals surface area contributed by atoms with E-state index in [0.29, 0.717) is 11.8 Å². The lowest BCUT2D eigenvalue weighted by Crippen LogP contribution is -2.17. The van der Waals surface area contributed by atoms with Gasteiger partial charge in [-0.3, -0.25) is 4.90 Å². The van der Waals surface area contributed by atoms with Crippen molar-refractivity contribution in [3.05, 3.63) is 11.5 Å². The average Bonchev–Trinajstić information content (AvgIpc) is 2.82. The van der Waals surface area contributed by atoms with Crippen LogP contribution in [0.4, 0.5) is 5.95 Å². The van der Waals surface area contributed by atoms with Crippen LogP contribution in [0, 0.1) is 5.92 Å². The van der Waals surface area contributed by atoms with Crippen LogP contribution in [0.15, 0.2) is 10.1 Å². The first-order chi connectivity index (χ1) is 6.81. The second kappa shape index (κ2) is 2.81. The van der Waals surface area contributed by atoms with E-state index < -0.39 is 0 Å². The fourth-order valence-electron chi connectivity index (χ4n) is 2.29. The van der Waals surface area contributed by atoms with E-state index in [4.69, 9.17) is 10.3 Å². The van der Waals surface area contributed by atoms with E-state index in [-0.39, 0.29) is 5.95 Å². The predicted octanol–water partition coefficient (Wildman–Crippen LogP) is 0.371. The zero-order chi connectivity index (χ0) is 9.54. The highest BCUT2D eigenvalue weighted by Gasteiger charge is 2.33. The number of nitrogens with zero attached hydrogens (tertiary/aromatic N) is 3. The van der Waals surface area contributed by atoms with Crippen molar-refractivity contribution in [2.75, 3.05) is 25.4 Å². The topological polar surface area (TPSA) is 68.2 Å². The van der Waals surface area contributed by atoms with Crippen molar-refractivity contribution in [1.82, 2.24) is 15.0 Å². The molecule has 2 bridgehead atoms. The van der Waals surface area contributed by atoms with E-state index in [9.17, 15) is 0 Å². The van der Waals surface area contributed by atoms with Gasteiger partial charge in [-0.05, 0) is 29.6 Å². The van der Waals surface area contributed by atoms with Gasteiger partial charge in [0, 0.05) is 19.2 Å². The van der Waals surface area contributed by atoms with Gasteiger partial charge in [0.2, 0.25) is 0 Å². The molecule has 2 atom stereocenters. The summed E-state index contributed by atoms with van der Waals surface area (Å²) in [5.41, 5.74) is 6.78. The Morgan fingerprint density at radius 2 is 2.50 bits per heavy atom. The number of nitrogen functional groups attached to an aromatic ring is 1. The lowest BCUT2D eigenvalue weighted by molar-refractivity contribution is 0.391. The summed E-state index contributed by atoms with van der Waals surface area (Å²) in [6, 6.07) is 0. The van der Waals surface area contributed by atoms with Gasteiger partial charge in [-0.25, -0.2) is 0 Å². The van der Waals surface area contributed by atoms with E-state index in [0.717, 1.165) is 6.54 Å². The quantitative estimate of drug-likeness (QED) is 0.696. The van der Waals surface area contributed by atoms with E-state index in [1.165, 1.54) is 25.1 Å². The fourth-order valence-corrected chi connectivity index (χ4v) is 2.29. The first-order valence-electron chi connectivity index (χ1n) is 4.83. The third-order valence-electron chi connectivity index (χ3n) is 2.97. The molecule has 74 valence electrons. The molecule has 2 unspecified atom stereocenters. The van der Waals surface area contributed by atoms with Crippen molar-refractivity contribution in [2.45, 2.75) is 6.42 Å². The lowest BCUT2D eigenvalue weighted by atomic mass is 9.99. The van der Waals surface area contributed by atoms with E-state index in [2.05, 4.69) is 15.0 Å². The molecule has 2 aliphatic rings. The normalized spacial score (nSPS) is 33.0. The maximum absolute atomic E-state index is 5.37. The van der Waals surface area contributed by atoms with Crippen molar-refractivity contribution >= 4 is 12.0 Å². The molecule has 2 saturated heterocycles. The monoisotopic (exact) mass is 192 g/mol. The SMILES string of the molecule is Nc1noc(/C=C2\CN3CCC2C3)n1. The van der Waals surface area contributed by atoms with Crippen LogP contribution in [0.3, 0.4) is 0 Å². The average molecular weight is 192 g/mol. The molecule has 0 amide bonds. The first-order valence-corrected chi connectivity index (χ1v) is 4.83. The summed E-state index contributed by atoms with van der Waals surface area (Å²) in [5.74, 6) is 1.44. The highest BCUT2D eigenvalue weighted by Crippen LogP contribution is 2.33. The maximum Gasteiger partial charge on any atom is 0.261 e. The number of fused-ring (bicyclic) bond motifs is 2. The van der Waals surface area contributed by atoms with E-state index >= 15 is 0 Å².